The highest BCUT2D eigenvalue weighted by Crippen LogP contribution is 2.18. The zero-order valence-electron chi connectivity index (χ0n) is 9.16. The second-order valence-corrected chi connectivity index (χ2v) is 3.53. The number of halogens is 1. The van der Waals surface area contributed by atoms with Gasteiger partial charge in [0, 0.05) is 0 Å². The summed E-state index contributed by atoms with van der Waals surface area (Å²) < 4.78 is 5.52. The number of hydrogen-bond acceptors (Lipinski definition) is 3. The lowest BCUT2D eigenvalue weighted by Gasteiger charge is -2.06. The molecule has 1 aromatic heterocycles. The summed E-state index contributed by atoms with van der Waals surface area (Å²) in [6, 6.07) is 3.40. The van der Waals surface area contributed by atoms with Crippen LogP contribution in [0.25, 0.3) is 0 Å². The molecule has 0 radical (unpaired) electrons. The van der Waals surface area contributed by atoms with E-state index in [0.717, 1.165) is 12.8 Å². The highest BCUT2D eigenvalue weighted by atomic mass is 35.5. The first-order chi connectivity index (χ1) is 7.77. The molecule has 0 aromatic carbocycles. The van der Waals surface area contributed by atoms with Gasteiger partial charge in [-0.25, -0.2) is 4.98 Å². The molecule has 0 fully saturated rings. The van der Waals surface area contributed by atoms with E-state index >= 15 is 0 Å². The second-order valence-electron chi connectivity index (χ2n) is 3.14. The minimum absolute atomic E-state index is 0.206. The van der Waals surface area contributed by atoms with Gasteiger partial charge in [-0.3, -0.25) is 0 Å². The van der Waals surface area contributed by atoms with Gasteiger partial charge < -0.3 is 9.84 Å². The quantitative estimate of drug-likeness (QED) is 0.498. The minimum Gasteiger partial charge on any atom is -0.491 e. The molecule has 1 N–H and O–H groups in total. The van der Waals surface area contributed by atoms with Crippen molar-refractivity contribution in [2.24, 2.45) is 0 Å². The molecule has 0 aliphatic heterocycles. The third kappa shape index (κ3) is 4.09. The largest absolute Gasteiger partial charge is 0.491 e. The van der Waals surface area contributed by atoms with Crippen molar-refractivity contribution in [1.82, 2.24) is 4.98 Å². The van der Waals surface area contributed by atoms with Crippen LogP contribution in [0.15, 0.2) is 12.1 Å². The molecule has 0 spiro atoms. The summed E-state index contributed by atoms with van der Waals surface area (Å²) in [6.07, 6.45) is 2.05. The Kier molecular flexibility index (Phi) is 5.69. The SMILES string of the molecule is CCCCOc1ccc(Cl)nc1C#CCO. The molecular weight excluding hydrogens is 226 g/mol. The Morgan fingerprint density at radius 2 is 2.31 bits per heavy atom. The van der Waals surface area contributed by atoms with E-state index in [4.69, 9.17) is 21.4 Å². The van der Waals surface area contributed by atoms with Crippen LogP contribution in [0.4, 0.5) is 0 Å². The summed E-state index contributed by atoms with van der Waals surface area (Å²) >= 11 is 5.76. The van der Waals surface area contributed by atoms with Crippen molar-refractivity contribution in [2.75, 3.05) is 13.2 Å². The van der Waals surface area contributed by atoms with Crippen LogP contribution in [-0.4, -0.2) is 23.3 Å². The summed E-state index contributed by atoms with van der Waals surface area (Å²) in [7, 11) is 0. The van der Waals surface area contributed by atoms with Crippen molar-refractivity contribution < 1.29 is 9.84 Å². The fraction of sp³-hybridized carbons (Fsp3) is 0.417. The van der Waals surface area contributed by atoms with Gasteiger partial charge in [-0.2, -0.15) is 0 Å². The number of pyridine rings is 1. The lowest BCUT2D eigenvalue weighted by molar-refractivity contribution is 0.307. The van der Waals surface area contributed by atoms with E-state index in [-0.39, 0.29) is 6.61 Å². The molecule has 1 heterocycles. The number of hydrogen-bond donors (Lipinski definition) is 1. The van der Waals surface area contributed by atoms with Crippen LogP contribution in [-0.2, 0) is 0 Å². The van der Waals surface area contributed by atoms with Crippen LogP contribution in [0.5, 0.6) is 5.75 Å². The molecule has 0 amide bonds. The number of unbranched alkanes of at least 4 members (excludes halogenated alkanes) is 1. The minimum atomic E-state index is -0.206. The summed E-state index contributed by atoms with van der Waals surface area (Å²) in [5.41, 5.74) is 0.470. The standard InChI is InChI=1S/C12H14ClNO2/c1-2-3-9-16-11-6-7-12(13)14-10(11)5-4-8-15/h6-7,15H,2-3,8-9H2,1H3. The van der Waals surface area contributed by atoms with E-state index in [1.807, 2.05) is 0 Å². The predicted molar refractivity (Wildman–Crippen MR) is 63.6 cm³/mol. The number of ether oxygens (including phenoxy) is 1. The highest BCUT2D eigenvalue weighted by Gasteiger charge is 2.03. The molecule has 86 valence electrons. The molecule has 1 rings (SSSR count). The average Bonchev–Trinajstić information content (AvgIpc) is 2.29. The van der Waals surface area contributed by atoms with Crippen molar-refractivity contribution in [2.45, 2.75) is 19.8 Å². The first kappa shape index (κ1) is 12.8. The fourth-order valence-corrected chi connectivity index (χ4v) is 1.23. The Morgan fingerprint density at radius 3 is 3.00 bits per heavy atom. The van der Waals surface area contributed by atoms with E-state index in [1.165, 1.54) is 0 Å². The van der Waals surface area contributed by atoms with Gasteiger partial charge in [-0.05, 0) is 24.5 Å². The van der Waals surface area contributed by atoms with Crippen LogP contribution in [0.2, 0.25) is 5.15 Å². The van der Waals surface area contributed by atoms with Gasteiger partial charge in [0.1, 0.15) is 11.8 Å². The molecule has 0 aliphatic rings. The average molecular weight is 240 g/mol. The Hall–Kier alpha value is -1.24. The van der Waals surface area contributed by atoms with Gasteiger partial charge in [0.25, 0.3) is 0 Å². The molecule has 1 aromatic rings. The van der Waals surface area contributed by atoms with Crippen LogP contribution in [0.3, 0.4) is 0 Å². The van der Waals surface area contributed by atoms with Gasteiger partial charge in [0.05, 0.1) is 6.61 Å². The van der Waals surface area contributed by atoms with Gasteiger partial charge in [0.2, 0.25) is 0 Å². The number of rotatable bonds is 4. The van der Waals surface area contributed by atoms with Crippen molar-refractivity contribution in [3.05, 3.63) is 23.0 Å². The van der Waals surface area contributed by atoms with Gasteiger partial charge in [-0.1, -0.05) is 30.9 Å². The molecule has 0 atom stereocenters. The molecule has 0 aliphatic carbocycles. The Balaban J connectivity index is 2.80. The van der Waals surface area contributed by atoms with E-state index in [1.54, 1.807) is 12.1 Å². The molecule has 0 unspecified atom stereocenters. The van der Waals surface area contributed by atoms with Gasteiger partial charge in [0.15, 0.2) is 11.4 Å². The second kappa shape index (κ2) is 7.10. The van der Waals surface area contributed by atoms with Crippen molar-refractivity contribution in [1.29, 1.82) is 0 Å². The maximum Gasteiger partial charge on any atom is 0.157 e. The first-order valence-electron chi connectivity index (χ1n) is 5.17. The molecule has 16 heavy (non-hydrogen) atoms. The van der Waals surface area contributed by atoms with Crippen LogP contribution in [0.1, 0.15) is 25.5 Å². The Labute approximate surface area is 100 Å². The summed E-state index contributed by atoms with van der Waals surface area (Å²) in [6.45, 7) is 2.52. The molecule has 3 nitrogen and oxygen atoms in total. The topological polar surface area (TPSA) is 42.4 Å². The van der Waals surface area contributed by atoms with E-state index in [0.29, 0.717) is 23.2 Å². The lowest BCUT2D eigenvalue weighted by atomic mass is 10.3. The van der Waals surface area contributed by atoms with E-state index < -0.39 is 0 Å². The predicted octanol–water partition coefficient (Wildman–Crippen LogP) is 2.26. The Morgan fingerprint density at radius 1 is 1.50 bits per heavy atom. The maximum absolute atomic E-state index is 8.63. The third-order valence-corrected chi connectivity index (χ3v) is 2.08. The molecule has 4 heteroatoms. The van der Waals surface area contributed by atoms with Crippen molar-refractivity contribution in [3.8, 4) is 17.6 Å². The summed E-state index contributed by atoms with van der Waals surface area (Å²) in [5, 5.41) is 8.99. The van der Waals surface area contributed by atoms with Crippen molar-refractivity contribution >= 4 is 11.6 Å². The monoisotopic (exact) mass is 239 g/mol. The highest BCUT2D eigenvalue weighted by molar-refractivity contribution is 6.29. The number of aliphatic hydroxyl groups is 1. The number of aromatic nitrogens is 1. The Bertz CT molecular complexity index is 396. The van der Waals surface area contributed by atoms with Crippen LogP contribution < -0.4 is 4.74 Å². The maximum atomic E-state index is 8.63. The molecule has 0 bridgehead atoms. The number of aliphatic hydroxyl groups excluding tert-OH is 1. The fourth-order valence-electron chi connectivity index (χ4n) is 1.08. The lowest BCUT2D eigenvalue weighted by Crippen LogP contribution is -2.00. The molecule has 0 saturated heterocycles. The first-order valence-corrected chi connectivity index (χ1v) is 5.54. The van der Waals surface area contributed by atoms with Crippen LogP contribution >= 0.6 is 11.6 Å². The molecular formula is C12H14ClNO2. The zero-order chi connectivity index (χ0) is 11.8. The van der Waals surface area contributed by atoms with Gasteiger partial charge >= 0.3 is 0 Å². The third-order valence-electron chi connectivity index (χ3n) is 1.87. The smallest absolute Gasteiger partial charge is 0.157 e. The molecule has 0 saturated carbocycles. The van der Waals surface area contributed by atoms with Gasteiger partial charge in [-0.15, -0.1) is 0 Å². The number of nitrogens with zero attached hydrogens (tertiary/aromatic N) is 1. The zero-order valence-corrected chi connectivity index (χ0v) is 9.92. The summed E-state index contributed by atoms with van der Waals surface area (Å²) in [5.74, 6) is 5.85. The van der Waals surface area contributed by atoms with E-state index in [2.05, 4.69) is 23.7 Å². The van der Waals surface area contributed by atoms with Crippen molar-refractivity contribution in [3.63, 3.8) is 0 Å². The summed E-state index contributed by atoms with van der Waals surface area (Å²) in [4.78, 5) is 4.05. The van der Waals surface area contributed by atoms with Crippen LogP contribution in [0, 0.1) is 11.8 Å². The van der Waals surface area contributed by atoms with E-state index in [9.17, 15) is 0 Å². The normalized spacial score (nSPS) is 9.44.